The number of nitrogens with two attached hydrogens (primary N) is 1. The van der Waals surface area contributed by atoms with Crippen LogP contribution in [0.3, 0.4) is 0 Å². The molecule has 1 aromatic heterocycles. The summed E-state index contributed by atoms with van der Waals surface area (Å²) >= 11 is 6.05. The number of aryl methyl sites for hydroxylation is 1. The zero-order valence-corrected chi connectivity index (χ0v) is 11.0. The Balaban J connectivity index is 2.54. The molecule has 2 rings (SSSR count). The fourth-order valence-electron chi connectivity index (χ4n) is 2.13. The van der Waals surface area contributed by atoms with Gasteiger partial charge in [-0.05, 0) is 45.0 Å². The summed E-state index contributed by atoms with van der Waals surface area (Å²) in [4.78, 5) is 4.66. The first-order valence-corrected chi connectivity index (χ1v) is 6.37. The molecule has 0 atom stereocenters. The highest BCUT2D eigenvalue weighted by Crippen LogP contribution is 2.24. The summed E-state index contributed by atoms with van der Waals surface area (Å²) in [5.74, 6) is 1.10. The molecule has 1 heterocycles. The molecule has 0 aliphatic rings. The van der Waals surface area contributed by atoms with Crippen molar-refractivity contribution in [3.8, 4) is 0 Å². The highest BCUT2D eigenvalue weighted by Gasteiger charge is 2.12. The molecule has 1 aromatic carbocycles. The van der Waals surface area contributed by atoms with Crippen molar-refractivity contribution < 1.29 is 0 Å². The number of rotatable bonds is 4. The molecule has 92 valence electrons. The van der Waals surface area contributed by atoms with Gasteiger partial charge in [0.1, 0.15) is 5.82 Å². The van der Waals surface area contributed by atoms with Gasteiger partial charge >= 0.3 is 0 Å². The van der Waals surface area contributed by atoms with Gasteiger partial charge < -0.3 is 10.3 Å². The van der Waals surface area contributed by atoms with Crippen molar-refractivity contribution >= 4 is 22.6 Å². The molecule has 0 aliphatic carbocycles. The lowest BCUT2D eigenvalue weighted by atomic mass is 10.2. The Morgan fingerprint density at radius 3 is 2.82 bits per heavy atom. The van der Waals surface area contributed by atoms with Crippen molar-refractivity contribution in [1.29, 1.82) is 0 Å². The first-order chi connectivity index (χ1) is 8.13. The third-order valence-electron chi connectivity index (χ3n) is 2.85. The van der Waals surface area contributed by atoms with Crippen molar-refractivity contribution in [1.82, 2.24) is 9.55 Å². The highest BCUT2D eigenvalue weighted by molar-refractivity contribution is 6.31. The third-order valence-corrected chi connectivity index (χ3v) is 3.08. The molecular formula is C13H18ClN3. The van der Waals surface area contributed by atoms with E-state index in [0.717, 1.165) is 34.7 Å². The number of imidazole rings is 1. The zero-order chi connectivity index (χ0) is 12.4. The zero-order valence-electron chi connectivity index (χ0n) is 10.3. The van der Waals surface area contributed by atoms with Crippen LogP contribution in [0.25, 0.3) is 11.0 Å². The maximum Gasteiger partial charge on any atom is 0.110 e. The predicted molar refractivity (Wildman–Crippen MR) is 72.5 cm³/mol. The minimum atomic E-state index is 0.381. The molecule has 2 N–H and O–H groups in total. The van der Waals surface area contributed by atoms with E-state index in [1.807, 2.05) is 18.2 Å². The molecule has 3 nitrogen and oxygen atoms in total. The van der Waals surface area contributed by atoms with Crippen molar-refractivity contribution in [3.05, 3.63) is 29.0 Å². The van der Waals surface area contributed by atoms with Crippen molar-refractivity contribution in [2.24, 2.45) is 5.73 Å². The van der Waals surface area contributed by atoms with E-state index in [2.05, 4.69) is 23.4 Å². The lowest BCUT2D eigenvalue weighted by Gasteiger charge is -2.12. The highest BCUT2D eigenvalue weighted by atomic mass is 35.5. The van der Waals surface area contributed by atoms with Crippen LogP contribution in [-0.4, -0.2) is 16.1 Å². The van der Waals surface area contributed by atoms with Crippen LogP contribution in [0.4, 0.5) is 0 Å². The number of nitrogens with zero attached hydrogens (tertiary/aromatic N) is 2. The number of aromatic nitrogens is 2. The van der Waals surface area contributed by atoms with E-state index in [1.54, 1.807) is 0 Å². The van der Waals surface area contributed by atoms with Crippen LogP contribution < -0.4 is 5.73 Å². The van der Waals surface area contributed by atoms with Gasteiger partial charge in [0, 0.05) is 17.5 Å². The second-order valence-electron chi connectivity index (χ2n) is 4.52. The molecule has 4 heteroatoms. The molecule has 17 heavy (non-hydrogen) atoms. The maximum absolute atomic E-state index is 6.05. The summed E-state index contributed by atoms with van der Waals surface area (Å²) in [6.07, 6.45) is 1.88. The molecule has 0 saturated carbocycles. The Morgan fingerprint density at radius 1 is 1.41 bits per heavy atom. The molecule has 0 aliphatic heterocycles. The van der Waals surface area contributed by atoms with E-state index < -0.39 is 0 Å². The summed E-state index contributed by atoms with van der Waals surface area (Å²) in [5.41, 5.74) is 7.68. The molecule has 0 radical (unpaired) electrons. The molecule has 2 aromatic rings. The number of hydrogen-bond donors (Lipinski definition) is 1. The van der Waals surface area contributed by atoms with Gasteiger partial charge in [-0.3, -0.25) is 0 Å². The van der Waals surface area contributed by atoms with Crippen LogP contribution in [0.2, 0.25) is 5.02 Å². The summed E-state index contributed by atoms with van der Waals surface area (Å²) in [7, 11) is 0. The van der Waals surface area contributed by atoms with E-state index in [1.165, 1.54) is 0 Å². The fraction of sp³-hybridized carbons (Fsp3) is 0.462. The third kappa shape index (κ3) is 2.45. The summed E-state index contributed by atoms with van der Waals surface area (Å²) < 4.78 is 2.25. The SMILES string of the molecule is CC(C)n1c(CCCN)nc2ccc(Cl)cc21. The summed E-state index contributed by atoms with van der Waals surface area (Å²) in [5, 5.41) is 0.754. The van der Waals surface area contributed by atoms with Crippen molar-refractivity contribution in [3.63, 3.8) is 0 Å². The molecule has 0 bridgehead atoms. The topological polar surface area (TPSA) is 43.8 Å². The van der Waals surface area contributed by atoms with Crippen LogP contribution >= 0.6 is 11.6 Å². The van der Waals surface area contributed by atoms with E-state index >= 15 is 0 Å². The monoisotopic (exact) mass is 251 g/mol. The van der Waals surface area contributed by atoms with Crippen LogP contribution in [0.5, 0.6) is 0 Å². The minimum absolute atomic E-state index is 0.381. The minimum Gasteiger partial charge on any atom is -0.330 e. The molecule has 0 amide bonds. The van der Waals surface area contributed by atoms with Crippen LogP contribution in [0, 0.1) is 0 Å². The van der Waals surface area contributed by atoms with E-state index in [4.69, 9.17) is 17.3 Å². The van der Waals surface area contributed by atoms with Gasteiger partial charge in [0.15, 0.2) is 0 Å². The number of fused-ring (bicyclic) bond motifs is 1. The first kappa shape index (κ1) is 12.4. The van der Waals surface area contributed by atoms with Gasteiger partial charge in [-0.2, -0.15) is 0 Å². The Hall–Kier alpha value is -1.06. The Labute approximate surface area is 107 Å². The second kappa shape index (κ2) is 5.07. The van der Waals surface area contributed by atoms with Gasteiger partial charge in [0.05, 0.1) is 11.0 Å². The lowest BCUT2D eigenvalue weighted by Crippen LogP contribution is -2.09. The molecule has 0 saturated heterocycles. The van der Waals surface area contributed by atoms with Crippen molar-refractivity contribution in [2.75, 3.05) is 6.54 Å². The molecular weight excluding hydrogens is 234 g/mol. The Morgan fingerprint density at radius 2 is 2.18 bits per heavy atom. The van der Waals surface area contributed by atoms with Gasteiger partial charge in [0.25, 0.3) is 0 Å². The predicted octanol–water partition coefficient (Wildman–Crippen LogP) is 3.16. The standard InChI is InChI=1S/C13H18ClN3/c1-9(2)17-12-8-10(14)5-6-11(12)16-13(17)4-3-7-15/h5-6,8-9H,3-4,7,15H2,1-2H3. The molecule has 0 spiro atoms. The first-order valence-electron chi connectivity index (χ1n) is 6.00. The average Bonchev–Trinajstić information content (AvgIpc) is 2.63. The molecule has 0 fully saturated rings. The van der Waals surface area contributed by atoms with Gasteiger partial charge in [0.2, 0.25) is 0 Å². The smallest absolute Gasteiger partial charge is 0.110 e. The normalized spacial score (nSPS) is 11.6. The quantitative estimate of drug-likeness (QED) is 0.907. The molecule has 0 unspecified atom stereocenters. The fourth-order valence-corrected chi connectivity index (χ4v) is 2.30. The van der Waals surface area contributed by atoms with Gasteiger partial charge in [-0.25, -0.2) is 4.98 Å². The average molecular weight is 252 g/mol. The van der Waals surface area contributed by atoms with E-state index in [9.17, 15) is 0 Å². The van der Waals surface area contributed by atoms with E-state index in [-0.39, 0.29) is 0 Å². The Kier molecular flexibility index (Phi) is 3.69. The largest absolute Gasteiger partial charge is 0.330 e. The van der Waals surface area contributed by atoms with E-state index in [0.29, 0.717) is 12.6 Å². The van der Waals surface area contributed by atoms with Crippen LogP contribution in [-0.2, 0) is 6.42 Å². The van der Waals surface area contributed by atoms with Crippen LogP contribution in [0.15, 0.2) is 18.2 Å². The number of hydrogen-bond acceptors (Lipinski definition) is 2. The summed E-state index contributed by atoms with van der Waals surface area (Å²) in [6, 6.07) is 6.22. The van der Waals surface area contributed by atoms with Crippen LogP contribution in [0.1, 0.15) is 32.1 Å². The summed E-state index contributed by atoms with van der Waals surface area (Å²) in [6.45, 7) is 5.02. The van der Waals surface area contributed by atoms with Gasteiger partial charge in [-0.15, -0.1) is 0 Å². The van der Waals surface area contributed by atoms with Gasteiger partial charge in [-0.1, -0.05) is 11.6 Å². The van der Waals surface area contributed by atoms with Crippen molar-refractivity contribution in [2.45, 2.75) is 32.7 Å². The number of halogens is 1. The lowest BCUT2D eigenvalue weighted by molar-refractivity contribution is 0.577. The second-order valence-corrected chi connectivity index (χ2v) is 4.95. The maximum atomic E-state index is 6.05. The Bertz CT molecular complexity index is 517. The number of benzene rings is 1.